The molecule has 0 spiro atoms. The first-order valence-electron chi connectivity index (χ1n) is 6.81. The van der Waals surface area contributed by atoms with E-state index >= 15 is 0 Å². The number of carboxylic acids is 1. The van der Waals surface area contributed by atoms with Gasteiger partial charge in [0.2, 0.25) is 0 Å². The molecular formula is C17H15NO3. The fraction of sp³-hybridized carbons (Fsp3) is 0.176. The van der Waals surface area contributed by atoms with Crippen LogP contribution in [0.2, 0.25) is 0 Å². The quantitative estimate of drug-likeness (QED) is 0.940. The molecule has 1 aliphatic rings. The molecule has 21 heavy (non-hydrogen) atoms. The molecule has 0 radical (unpaired) electrons. The van der Waals surface area contributed by atoms with Gasteiger partial charge in [-0.1, -0.05) is 36.4 Å². The summed E-state index contributed by atoms with van der Waals surface area (Å²) in [6, 6.07) is 14.7. The van der Waals surface area contributed by atoms with Crippen LogP contribution < -0.4 is 4.90 Å². The number of carboxylic acid groups (broad SMARTS) is 1. The SMILES string of the molecule is CC(C(=O)O)c1ccccc1N1Cc2ccccc2C1=O. The van der Waals surface area contributed by atoms with Crippen LogP contribution in [0.1, 0.15) is 34.3 Å². The number of carbonyl (C=O) groups excluding carboxylic acids is 1. The highest BCUT2D eigenvalue weighted by molar-refractivity contribution is 6.10. The molecular weight excluding hydrogens is 266 g/mol. The van der Waals surface area contributed by atoms with Gasteiger partial charge in [-0.25, -0.2) is 0 Å². The van der Waals surface area contributed by atoms with Gasteiger partial charge in [-0.2, -0.15) is 0 Å². The zero-order valence-electron chi connectivity index (χ0n) is 11.6. The van der Waals surface area contributed by atoms with Crippen molar-refractivity contribution in [2.75, 3.05) is 4.90 Å². The molecule has 1 atom stereocenters. The van der Waals surface area contributed by atoms with Gasteiger partial charge in [0.05, 0.1) is 12.5 Å². The van der Waals surface area contributed by atoms with Crippen molar-refractivity contribution in [2.45, 2.75) is 19.4 Å². The lowest BCUT2D eigenvalue weighted by molar-refractivity contribution is -0.138. The predicted octanol–water partition coefficient (Wildman–Crippen LogP) is 3.04. The molecule has 106 valence electrons. The molecule has 4 heteroatoms. The van der Waals surface area contributed by atoms with Gasteiger partial charge in [0.25, 0.3) is 5.91 Å². The monoisotopic (exact) mass is 281 g/mol. The van der Waals surface area contributed by atoms with Gasteiger partial charge in [-0.05, 0) is 30.2 Å². The number of anilines is 1. The van der Waals surface area contributed by atoms with Gasteiger partial charge in [-0.3, -0.25) is 9.59 Å². The van der Waals surface area contributed by atoms with Crippen LogP contribution in [0.15, 0.2) is 48.5 Å². The van der Waals surface area contributed by atoms with Crippen LogP contribution in [-0.2, 0) is 11.3 Å². The summed E-state index contributed by atoms with van der Waals surface area (Å²) in [5, 5.41) is 9.24. The van der Waals surface area contributed by atoms with Crippen molar-refractivity contribution in [3.63, 3.8) is 0 Å². The van der Waals surface area contributed by atoms with Crippen LogP contribution in [0.25, 0.3) is 0 Å². The Balaban J connectivity index is 2.04. The summed E-state index contributed by atoms with van der Waals surface area (Å²) in [6.45, 7) is 2.12. The minimum absolute atomic E-state index is 0.0735. The Morgan fingerprint density at radius 2 is 1.81 bits per heavy atom. The number of hydrogen-bond donors (Lipinski definition) is 1. The maximum Gasteiger partial charge on any atom is 0.310 e. The van der Waals surface area contributed by atoms with Gasteiger partial charge >= 0.3 is 5.97 Å². The molecule has 1 heterocycles. The molecule has 0 fully saturated rings. The highest BCUT2D eigenvalue weighted by Crippen LogP contribution is 2.33. The van der Waals surface area contributed by atoms with Gasteiger partial charge in [-0.15, -0.1) is 0 Å². The van der Waals surface area contributed by atoms with Crippen LogP contribution in [-0.4, -0.2) is 17.0 Å². The number of amides is 1. The number of para-hydroxylation sites is 1. The summed E-state index contributed by atoms with van der Waals surface area (Å²) >= 11 is 0. The van der Waals surface area contributed by atoms with Crippen molar-refractivity contribution in [2.24, 2.45) is 0 Å². The second-order valence-electron chi connectivity index (χ2n) is 5.17. The van der Waals surface area contributed by atoms with Gasteiger partial charge < -0.3 is 10.0 Å². The topological polar surface area (TPSA) is 57.6 Å². The number of benzene rings is 2. The fourth-order valence-corrected chi connectivity index (χ4v) is 2.68. The summed E-state index contributed by atoms with van der Waals surface area (Å²) in [4.78, 5) is 25.4. The molecule has 0 aromatic heterocycles. The van der Waals surface area contributed by atoms with E-state index in [4.69, 9.17) is 0 Å². The maximum absolute atomic E-state index is 12.5. The summed E-state index contributed by atoms with van der Waals surface area (Å²) < 4.78 is 0. The van der Waals surface area contributed by atoms with Crippen LogP contribution in [0.3, 0.4) is 0 Å². The maximum atomic E-state index is 12.5. The molecule has 0 saturated heterocycles. The Labute approximate surface area is 122 Å². The van der Waals surface area contributed by atoms with Gasteiger partial charge in [0.1, 0.15) is 0 Å². The number of aliphatic carboxylic acids is 1. The fourth-order valence-electron chi connectivity index (χ4n) is 2.68. The first-order valence-corrected chi connectivity index (χ1v) is 6.81. The lowest BCUT2D eigenvalue weighted by Crippen LogP contribution is -2.25. The van der Waals surface area contributed by atoms with Crippen molar-refractivity contribution in [3.05, 3.63) is 65.2 Å². The second-order valence-corrected chi connectivity index (χ2v) is 5.17. The highest BCUT2D eigenvalue weighted by Gasteiger charge is 2.30. The van der Waals surface area contributed by atoms with E-state index in [2.05, 4.69) is 0 Å². The molecule has 2 aromatic carbocycles. The third-order valence-corrected chi connectivity index (χ3v) is 3.89. The van der Waals surface area contributed by atoms with E-state index in [-0.39, 0.29) is 5.91 Å². The van der Waals surface area contributed by atoms with Crippen molar-refractivity contribution < 1.29 is 14.7 Å². The molecule has 1 aliphatic heterocycles. The smallest absolute Gasteiger partial charge is 0.310 e. The average Bonchev–Trinajstić information content (AvgIpc) is 2.84. The zero-order valence-corrected chi connectivity index (χ0v) is 11.6. The first-order chi connectivity index (χ1) is 10.1. The van der Waals surface area contributed by atoms with Crippen molar-refractivity contribution in [1.29, 1.82) is 0 Å². The average molecular weight is 281 g/mol. The third-order valence-electron chi connectivity index (χ3n) is 3.89. The molecule has 2 aromatic rings. The molecule has 0 saturated carbocycles. The minimum atomic E-state index is -0.897. The molecule has 3 rings (SSSR count). The lowest BCUT2D eigenvalue weighted by atomic mass is 9.99. The van der Waals surface area contributed by atoms with Gasteiger partial charge in [0, 0.05) is 11.3 Å². The molecule has 0 bridgehead atoms. The van der Waals surface area contributed by atoms with Crippen LogP contribution in [0.4, 0.5) is 5.69 Å². The van der Waals surface area contributed by atoms with Crippen LogP contribution in [0, 0.1) is 0 Å². The van der Waals surface area contributed by atoms with Crippen LogP contribution >= 0.6 is 0 Å². The number of fused-ring (bicyclic) bond motifs is 1. The molecule has 1 unspecified atom stereocenters. The second kappa shape index (κ2) is 5.05. The van der Waals surface area contributed by atoms with Crippen molar-refractivity contribution in [3.8, 4) is 0 Å². The zero-order chi connectivity index (χ0) is 15.0. The lowest BCUT2D eigenvalue weighted by Gasteiger charge is -2.21. The molecule has 4 nitrogen and oxygen atoms in total. The van der Waals surface area contributed by atoms with E-state index in [1.165, 1.54) is 0 Å². The minimum Gasteiger partial charge on any atom is -0.481 e. The number of rotatable bonds is 3. The van der Waals surface area contributed by atoms with E-state index < -0.39 is 11.9 Å². The van der Waals surface area contributed by atoms with Crippen molar-refractivity contribution in [1.82, 2.24) is 0 Å². The van der Waals surface area contributed by atoms with Crippen molar-refractivity contribution >= 4 is 17.6 Å². The highest BCUT2D eigenvalue weighted by atomic mass is 16.4. The number of carbonyl (C=O) groups is 2. The molecule has 1 amide bonds. The van der Waals surface area contributed by atoms with Crippen LogP contribution in [0.5, 0.6) is 0 Å². The van der Waals surface area contributed by atoms with E-state index in [9.17, 15) is 14.7 Å². The standard InChI is InChI=1S/C17H15NO3/c1-11(17(20)21)13-7-4-5-9-15(13)18-10-12-6-2-3-8-14(12)16(18)19/h2-9,11H,10H2,1H3,(H,20,21). The Bertz CT molecular complexity index is 723. The number of nitrogens with zero attached hydrogens (tertiary/aromatic N) is 1. The summed E-state index contributed by atoms with van der Waals surface area (Å²) in [5.74, 6) is -1.63. The molecule has 1 N–H and O–H groups in total. The Hall–Kier alpha value is -2.62. The summed E-state index contributed by atoms with van der Waals surface area (Å²) in [6.07, 6.45) is 0. The number of hydrogen-bond acceptors (Lipinski definition) is 2. The van der Waals surface area contributed by atoms with E-state index in [0.29, 0.717) is 23.4 Å². The van der Waals surface area contributed by atoms with Gasteiger partial charge in [0.15, 0.2) is 0 Å². The van der Waals surface area contributed by atoms with E-state index in [1.54, 1.807) is 36.1 Å². The largest absolute Gasteiger partial charge is 0.481 e. The first kappa shape index (κ1) is 13.4. The Kier molecular flexibility index (Phi) is 3.22. The van der Waals surface area contributed by atoms with E-state index in [1.807, 2.05) is 24.3 Å². The third kappa shape index (κ3) is 2.18. The summed E-state index contributed by atoms with van der Waals surface area (Å²) in [7, 11) is 0. The van der Waals surface area contributed by atoms with E-state index in [0.717, 1.165) is 5.56 Å². The molecule has 0 aliphatic carbocycles. The summed E-state index contributed by atoms with van der Waals surface area (Å²) in [5.41, 5.74) is 3.00. The Morgan fingerprint density at radius 3 is 2.52 bits per heavy atom. The Morgan fingerprint density at radius 1 is 1.14 bits per heavy atom. The normalized spacial score (nSPS) is 14.9. The predicted molar refractivity (Wildman–Crippen MR) is 79.4 cm³/mol.